The topological polar surface area (TPSA) is 72.0 Å². The first-order valence-electron chi connectivity index (χ1n) is 4.36. The summed E-state index contributed by atoms with van der Waals surface area (Å²) in [6.45, 7) is 0.572. The lowest BCUT2D eigenvalue weighted by Crippen LogP contribution is -2.10. The first kappa shape index (κ1) is 12.4. The summed E-state index contributed by atoms with van der Waals surface area (Å²) in [6.07, 6.45) is 4.86. The number of rotatable bonds is 5. The van der Waals surface area contributed by atoms with Crippen molar-refractivity contribution in [2.45, 2.75) is 6.42 Å². The summed E-state index contributed by atoms with van der Waals surface area (Å²) < 4.78 is 22.5. The normalized spacial score (nSPS) is 11.3. The van der Waals surface area contributed by atoms with Crippen LogP contribution in [-0.2, 0) is 9.84 Å². The van der Waals surface area contributed by atoms with Gasteiger partial charge in [-0.25, -0.2) is 18.4 Å². The Morgan fingerprint density at radius 3 is 2.87 bits per heavy atom. The average molecular weight is 294 g/mol. The van der Waals surface area contributed by atoms with E-state index < -0.39 is 9.84 Å². The van der Waals surface area contributed by atoms with Gasteiger partial charge >= 0.3 is 0 Å². The largest absolute Gasteiger partial charge is 0.369 e. The highest BCUT2D eigenvalue weighted by molar-refractivity contribution is 9.10. The van der Waals surface area contributed by atoms with Crippen LogP contribution < -0.4 is 5.32 Å². The minimum atomic E-state index is -2.87. The molecule has 0 aliphatic heterocycles. The molecule has 15 heavy (non-hydrogen) atoms. The van der Waals surface area contributed by atoms with Gasteiger partial charge in [-0.15, -0.1) is 0 Å². The molecule has 0 fully saturated rings. The molecule has 5 nitrogen and oxygen atoms in total. The quantitative estimate of drug-likeness (QED) is 0.823. The Hall–Kier alpha value is -0.690. The van der Waals surface area contributed by atoms with E-state index in [1.54, 1.807) is 6.20 Å². The second-order valence-electron chi connectivity index (χ2n) is 3.13. The molecule has 84 valence electrons. The van der Waals surface area contributed by atoms with Gasteiger partial charge in [-0.2, -0.15) is 0 Å². The molecule has 0 atom stereocenters. The molecule has 0 spiro atoms. The summed E-state index contributed by atoms with van der Waals surface area (Å²) in [6, 6.07) is 0. The summed E-state index contributed by atoms with van der Waals surface area (Å²) in [5.41, 5.74) is 0. The number of nitrogens with one attached hydrogen (secondary N) is 1. The molecule has 0 unspecified atom stereocenters. The Balaban J connectivity index is 2.36. The highest BCUT2D eigenvalue weighted by Gasteiger charge is 2.02. The molecule has 7 heteroatoms. The Morgan fingerprint density at radius 2 is 2.27 bits per heavy atom. The van der Waals surface area contributed by atoms with E-state index in [9.17, 15) is 8.42 Å². The van der Waals surface area contributed by atoms with Crippen molar-refractivity contribution in [3.8, 4) is 0 Å². The van der Waals surface area contributed by atoms with E-state index in [-0.39, 0.29) is 5.75 Å². The van der Waals surface area contributed by atoms with Gasteiger partial charge in [-0.1, -0.05) is 0 Å². The zero-order valence-corrected chi connectivity index (χ0v) is 10.7. The number of halogens is 1. The van der Waals surface area contributed by atoms with E-state index in [0.29, 0.717) is 18.8 Å². The number of anilines is 1. The van der Waals surface area contributed by atoms with Crippen LogP contribution in [0, 0.1) is 0 Å². The molecule has 1 N–H and O–H groups in total. The molecule has 0 amide bonds. The lowest BCUT2D eigenvalue weighted by Gasteiger charge is -2.05. The lowest BCUT2D eigenvalue weighted by molar-refractivity contribution is 0.600. The Morgan fingerprint density at radius 1 is 1.53 bits per heavy atom. The van der Waals surface area contributed by atoms with Crippen molar-refractivity contribution in [1.82, 2.24) is 9.97 Å². The predicted octanol–water partition coefficient (Wildman–Crippen LogP) is 1.09. The molecule has 0 aliphatic carbocycles. The zero-order valence-electron chi connectivity index (χ0n) is 8.27. The maximum absolute atomic E-state index is 10.8. The van der Waals surface area contributed by atoms with E-state index >= 15 is 0 Å². The fourth-order valence-corrected chi connectivity index (χ4v) is 2.01. The third-order valence-corrected chi connectivity index (χ3v) is 3.26. The standard InChI is InChI=1S/C8H12BrN3O2S/c1-15(13,14)4-2-3-11-8-7(9)5-10-6-12-8/h5-6H,2-4H2,1H3,(H,10,11,12). The van der Waals surface area contributed by atoms with E-state index in [0.717, 1.165) is 4.47 Å². The van der Waals surface area contributed by atoms with Crippen molar-refractivity contribution in [1.29, 1.82) is 0 Å². The maximum Gasteiger partial charge on any atom is 0.147 e. The molecular weight excluding hydrogens is 282 g/mol. The number of sulfone groups is 1. The summed E-state index contributed by atoms with van der Waals surface area (Å²) in [7, 11) is -2.87. The molecule has 1 aromatic rings. The van der Waals surface area contributed by atoms with Crippen molar-refractivity contribution in [3.05, 3.63) is 17.0 Å². The fraction of sp³-hybridized carbons (Fsp3) is 0.500. The minimum Gasteiger partial charge on any atom is -0.369 e. The van der Waals surface area contributed by atoms with Crippen LogP contribution in [0.1, 0.15) is 6.42 Å². The molecule has 1 aromatic heterocycles. The monoisotopic (exact) mass is 293 g/mol. The van der Waals surface area contributed by atoms with Gasteiger partial charge in [0.2, 0.25) is 0 Å². The summed E-state index contributed by atoms with van der Waals surface area (Å²) in [5.74, 6) is 0.862. The van der Waals surface area contributed by atoms with Crippen LogP contribution in [0.15, 0.2) is 17.0 Å². The molecule has 0 bridgehead atoms. The maximum atomic E-state index is 10.8. The van der Waals surface area contributed by atoms with E-state index in [2.05, 4.69) is 31.2 Å². The molecule has 0 saturated carbocycles. The van der Waals surface area contributed by atoms with Gasteiger partial charge in [0.05, 0.1) is 10.2 Å². The van der Waals surface area contributed by atoms with Crippen molar-refractivity contribution in [2.75, 3.05) is 23.9 Å². The summed E-state index contributed by atoms with van der Waals surface area (Å²) >= 11 is 3.28. The number of hydrogen-bond donors (Lipinski definition) is 1. The van der Waals surface area contributed by atoms with Gasteiger partial charge in [0.25, 0.3) is 0 Å². The van der Waals surface area contributed by atoms with Crippen LogP contribution in [0.5, 0.6) is 0 Å². The Labute approximate surface area is 97.4 Å². The number of nitrogens with zero attached hydrogens (tertiary/aromatic N) is 2. The predicted molar refractivity (Wildman–Crippen MR) is 62.5 cm³/mol. The van der Waals surface area contributed by atoms with Crippen molar-refractivity contribution >= 4 is 31.6 Å². The molecule has 0 aromatic carbocycles. The van der Waals surface area contributed by atoms with E-state index in [1.165, 1.54) is 12.6 Å². The Kier molecular flexibility index (Phi) is 4.46. The smallest absolute Gasteiger partial charge is 0.147 e. The SMILES string of the molecule is CS(=O)(=O)CCCNc1ncncc1Br. The Bertz CT molecular complexity index is 422. The van der Waals surface area contributed by atoms with Crippen LogP contribution in [0.2, 0.25) is 0 Å². The number of hydrogen-bond acceptors (Lipinski definition) is 5. The van der Waals surface area contributed by atoms with Crippen LogP contribution in [0.3, 0.4) is 0 Å². The third kappa shape index (κ3) is 5.08. The third-order valence-electron chi connectivity index (χ3n) is 1.65. The highest BCUT2D eigenvalue weighted by atomic mass is 79.9. The van der Waals surface area contributed by atoms with Crippen LogP contribution >= 0.6 is 15.9 Å². The van der Waals surface area contributed by atoms with Crippen LogP contribution in [-0.4, -0.2) is 36.9 Å². The highest BCUT2D eigenvalue weighted by Crippen LogP contribution is 2.16. The molecular formula is C8H12BrN3O2S. The van der Waals surface area contributed by atoms with Gasteiger partial charge in [0.1, 0.15) is 22.0 Å². The second kappa shape index (κ2) is 5.41. The van der Waals surface area contributed by atoms with E-state index in [1.807, 2.05) is 0 Å². The number of aromatic nitrogens is 2. The van der Waals surface area contributed by atoms with Gasteiger partial charge < -0.3 is 5.32 Å². The van der Waals surface area contributed by atoms with Crippen LogP contribution in [0.25, 0.3) is 0 Å². The minimum absolute atomic E-state index is 0.183. The fourth-order valence-electron chi connectivity index (χ4n) is 0.984. The lowest BCUT2D eigenvalue weighted by atomic mass is 10.4. The van der Waals surface area contributed by atoms with Crippen LogP contribution in [0.4, 0.5) is 5.82 Å². The van der Waals surface area contributed by atoms with E-state index in [4.69, 9.17) is 0 Å². The molecule has 0 radical (unpaired) electrons. The average Bonchev–Trinajstić information content (AvgIpc) is 2.13. The first-order chi connectivity index (χ1) is 6.99. The molecule has 0 saturated heterocycles. The van der Waals surface area contributed by atoms with Gasteiger partial charge in [0, 0.05) is 19.0 Å². The van der Waals surface area contributed by atoms with Crippen molar-refractivity contribution < 1.29 is 8.42 Å². The van der Waals surface area contributed by atoms with Crippen molar-refractivity contribution in [3.63, 3.8) is 0 Å². The zero-order chi connectivity index (χ0) is 11.3. The molecule has 1 rings (SSSR count). The van der Waals surface area contributed by atoms with Crippen molar-refractivity contribution in [2.24, 2.45) is 0 Å². The van der Waals surface area contributed by atoms with Gasteiger partial charge in [-0.05, 0) is 22.4 Å². The summed E-state index contributed by atoms with van der Waals surface area (Å²) in [5, 5.41) is 3.02. The van der Waals surface area contributed by atoms with Gasteiger partial charge in [-0.3, -0.25) is 0 Å². The molecule has 0 aliphatic rings. The first-order valence-corrected chi connectivity index (χ1v) is 7.21. The summed E-state index contributed by atoms with van der Waals surface area (Å²) in [4.78, 5) is 7.81. The second-order valence-corrected chi connectivity index (χ2v) is 6.24. The molecule has 1 heterocycles. The van der Waals surface area contributed by atoms with Gasteiger partial charge in [0.15, 0.2) is 0 Å².